The lowest BCUT2D eigenvalue weighted by atomic mass is 9.99. The summed E-state index contributed by atoms with van der Waals surface area (Å²) in [5, 5.41) is 1.95. The van der Waals surface area contributed by atoms with Gasteiger partial charge in [-0.25, -0.2) is 0 Å². The van der Waals surface area contributed by atoms with Crippen LogP contribution in [0.5, 0.6) is 0 Å². The Bertz CT molecular complexity index is 443. The van der Waals surface area contributed by atoms with Crippen LogP contribution in [0.4, 0.5) is 0 Å². The van der Waals surface area contributed by atoms with Crippen molar-refractivity contribution in [2.75, 3.05) is 13.2 Å². The van der Waals surface area contributed by atoms with Gasteiger partial charge in [-0.15, -0.1) is 11.3 Å². The van der Waals surface area contributed by atoms with E-state index in [1.165, 1.54) is 11.3 Å². The monoisotopic (exact) mass is 350 g/mol. The third-order valence-corrected chi connectivity index (χ3v) is 6.78. The topological polar surface area (TPSA) is 26.3 Å². The highest BCUT2D eigenvalue weighted by Gasteiger charge is 2.63. The number of carbonyl (C=O) groups is 1. The first-order valence-corrected chi connectivity index (χ1v) is 7.17. The zero-order chi connectivity index (χ0) is 10.6. The van der Waals surface area contributed by atoms with Gasteiger partial charge in [0.25, 0.3) is 0 Å². The number of carbonyl (C=O) groups excluding carboxylic acids is 1. The maximum absolute atomic E-state index is 12.3. The molecule has 2 aliphatic rings. The minimum Gasteiger partial charge on any atom is -0.380 e. The van der Waals surface area contributed by atoms with Crippen molar-refractivity contribution >= 4 is 49.0 Å². The van der Waals surface area contributed by atoms with Gasteiger partial charge in [0.05, 0.1) is 28.0 Å². The molecule has 3 rings (SSSR count). The number of rotatable bonds is 2. The third-order valence-electron chi connectivity index (χ3n) is 3.26. The number of thiophene rings is 1. The highest BCUT2D eigenvalue weighted by molar-refractivity contribution is 9.13. The van der Waals surface area contributed by atoms with E-state index in [4.69, 9.17) is 4.74 Å². The van der Waals surface area contributed by atoms with E-state index in [9.17, 15) is 4.79 Å². The summed E-state index contributed by atoms with van der Waals surface area (Å²) in [6.45, 7) is 1.37. The molecule has 2 nitrogen and oxygen atoms in total. The average molecular weight is 352 g/mol. The molecule has 0 bridgehead atoms. The van der Waals surface area contributed by atoms with Crippen molar-refractivity contribution in [3.8, 4) is 0 Å². The molecule has 1 saturated heterocycles. The third kappa shape index (κ3) is 1.40. The van der Waals surface area contributed by atoms with E-state index in [0.29, 0.717) is 12.5 Å². The Morgan fingerprint density at radius 2 is 2.40 bits per heavy atom. The molecule has 1 aromatic heterocycles. The van der Waals surface area contributed by atoms with Crippen LogP contribution >= 0.6 is 43.2 Å². The summed E-state index contributed by atoms with van der Waals surface area (Å²) in [6.07, 6.45) is 1.01. The van der Waals surface area contributed by atoms with Gasteiger partial charge in [-0.05, 0) is 44.2 Å². The molecule has 0 spiro atoms. The zero-order valence-corrected chi connectivity index (χ0v) is 11.7. The quantitative estimate of drug-likeness (QED) is 0.762. The maximum Gasteiger partial charge on any atom is 0.182 e. The van der Waals surface area contributed by atoms with E-state index >= 15 is 0 Å². The minimum atomic E-state index is -0.174. The van der Waals surface area contributed by atoms with Crippen LogP contribution in [-0.4, -0.2) is 19.0 Å². The zero-order valence-electron chi connectivity index (χ0n) is 7.76. The molecule has 0 amide bonds. The molecule has 1 aliphatic carbocycles. The molecule has 2 atom stereocenters. The Balaban J connectivity index is 1.95. The molecule has 80 valence electrons. The van der Waals surface area contributed by atoms with E-state index in [2.05, 4.69) is 31.9 Å². The Labute approximate surface area is 108 Å². The lowest BCUT2D eigenvalue weighted by Crippen LogP contribution is -2.18. The number of hydrogen-bond acceptors (Lipinski definition) is 3. The lowest BCUT2D eigenvalue weighted by molar-refractivity contribution is 0.0833. The van der Waals surface area contributed by atoms with Gasteiger partial charge in [0, 0.05) is 9.85 Å². The van der Waals surface area contributed by atoms with Crippen LogP contribution in [0.25, 0.3) is 0 Å². The van der Waals surface area contributed by atoms with Gasteiger partial charge in [-0.1, -0.05) is 0 Å². The van der Waals surface area contributed by atoms with Crippen LogP contribution in [0.1, 0.15) is 16.1 Å². The largest absolute Gasteiger partial charge is 0.380 e. The standard InChI is InChI=1S/C10H8Br2O2S/c11-6-3-15-8(7(6)12)9(13)10-1-5(10)2-14-4-10/h3,5H,1-2,4H2. The van der Waals surface area contributed by atoms with E-state index in [1.807, 2.05) is 5.38 Å². The molecule has 1 aromatic rings. The predicted octanol–water partition coefficient (Wildman–Crippen LogP) is 3.49. The summed E-state index contributed by atoms with van der Waals surface area (Å²) in [5.41, 5.74) is -0.174. The van der Waals surface area contributed by atoms with Crippen LogP contribution in [-0.2, 0) is 4.74 Å². The van der Waals surface area contributed by atoms with Gasteiger partial charge >= 0.3 is 0 Å². The van der Waals surface area contributed by atoms with Gasteiger partial charge in [0.2, 0.25) is 0 Å². The van der Waals surface area contributed by atoms with Gasteiger partial charge < -0.3 is 4.74 Å². The van der Waals surface area contributed by atoms with Gasteiger partial charge in [-0.3, -0.25) is 4.79 Å². The van der Waals surface area contributed by atoms with Gasteiger partial charge in [-0.2, -0.15) is 0 Å². The van der Waals surface area contributed by atoms with E-state index in [0.717, 1.165) is 26.9 Å². The molecule has 2 heterocycles. The van der Waals surface area contributed by atoms with Crippen LogP contribution in [0, 0.1) is 11.3 Å². The van der Waals surface area contributed by atoms with Crippen LogP contribution in [0.2, 0.25) is 0 Å². The summed E-state index contributed by atoms with van der Waals surface area (Å²) in [5.74, 6) is 0.727. The second-order valence-electron chi connectivity index (χ2n) is 4.13. The number of ether oxygens (including phenoxy) is 1. The van der Waals surface area contributed by atoms with E-state index in [-0.39, 0.29) is 11.2 Å². The molecule has 1 aliphatic heterocycles. The fourth-order valence-corrected chi connectivity index (χ4v) is 4.40. The van der Waals surface area contributed by atoms with Crippen molar-refractivity contribution in [3.05, 3.63) is 19.2 Å². The van der Waals surface area contributed by atoms with Gasteiger partial charge in [0.1, 0.15) is 0 Å². The molecule has 2 unspecified atom stereocenters. The smallest absolute Gasteiger partial charge is 0.182 e. The van der Waals surface area contributed by atoms with Crippen molar-refractivity contribution in [2.45, 2.75) is 6.42 Å². The molecule has 2 fully saturated rings. The first-order valence-electron chi connectivity index (χ1n) is 4.70. The Morgan fingerprint density at radius 3 is 2.87 bits per heavy atom. The van der Waals surface area contributed by atoms with Crippen LogP contribution < -0.4 is 0 Å². The second kappa shape index (κ2) is 3.39. The molecule has 0 radical (unpaired) electrons. The fraction of sp³-hybridized carbons (Fsp3) is 0.500. The molecular formula is C10H8Br2O2S. The fourth-order valence-electron chi connectivity index (χ4n) is 2.20. The summed E-state index contributed by atoms with van der Waals surface area (Å²) in [7, 11) is 0. The summed E-state index contributed by atoms with van der Waals surface area (Å²) in [4.78, 5) is 13.2. The maximum atomic E-state index is 12.3. The molecular weight excluding hydrogens is 344 g/mol. The highest BCUT2D eigenvalue weighted by Crippen LogP contribution is 2.59. The van der Waals surface area contributed by atoms with Crippen molar-refractivity contribution in [3.63, 3.8) is 0 Å². The Morgan fingerprint density at radius 1 is 1.60 bits per heavy atom. The number of Topliss-reactive ketones (excluding diaryl/α,β-unsaturated/α-hetero) is 1. The van der Waals surface area contributed by atoms with Crippen molar-refractivity contribution in [1.29, 1.82) is 0 Å². The van der Waals surface area contributed by atoms with Crippen molar-refractivity contribution in [2.24, 2.45) is 11.3 Å². The molecule has 5 heteroatoms. The first kappa shape index (κ1) is 10.4. The average Bonchev–Trinajstić information content (AvgIpc) is 2.63. The normalized spacial score (nSPS) is 32.8. The minimum absolute atomic E-state index is 0.174. The molecule has 0 N–H and O–H groups in total. The van der Waals surface area contributed by atoms with Gasteiger partial charge in [0.15, 0.2) is 5.78 Å². The van der Waals surface area contributed by atoms with Crippen molar-refractivity contribution in [1.82, 2.24) is 0 Å². The predicted molar refractivity (Wildman–Crippen MR) is 65.4 cm³/mol. The SMILES string of the molecule is O=C(c1scc(Br)c1Br)C12COCC1C2. The summed E-state index contributed by atoms with van der Waals surface area (Å²) < 4.78 is 7.21. The first-order chi connectivity index (χ1) is 7.15. The molecule has 1 saturated carbocycles. The second-order valence-corrected chi connectivity index (χ2v) is 6.66. The highest BCUT2D eigenvalue weighted by atomic mass is 79.9. The Kier molecular flexibility index (Phi) is 2.36. The lowest BCUT2D eigenvalue weighted by Gasteiger charge is -2.08. The summed E-state index contributed by atoms with van der Waals surface area (Å²) in [6, 6.07) is 0. The van der Waals surface area contributed by atoms with Crippen molar-refractivity contribution < 1.29 is 9.53 Å². The number of fused-ring (bicyclic) bond motifs is 1. The van der Waals surface area contributed by atoms with Crippen LogP contribution in [0.15, 0.2) is 14.3 Å². The van der Waals surface area contributed by atoms with E-state index in [1.54, 1.807) is 0 Å². The number of hydrogen-bond donors (Lipinski definition) is 0. The number of halogens is 2. The molecule has 15 heavy (non-hydrogen) atoms. The van der Waals surface area contributed by atoms with Crippen LogP contribution in [0.3, 0.4) is 0 Å². The molecule has 0 aromatic carbocycles. The number of ketones is 1. The summed E-state index contributed by atoms with van der Waals surface area (Å²) >= 11 is 8.34. The van der Waals surface area contributed by atoms with E-state index < -0.39 is 0 Å². The Hall–Kier alpha value is 0.290.